The SMILES string of the molecule is CCc1ccc(C(NC(=O)C2CC3C=CC2C3)c2cccs2)cc1. The van der Waals surface area contributed by atoms with E-state index >= 15 is 0 Å². The Morgan fingerprint density at radius 1 is 1.21 bits per heavy atom. The molecule has 3 heteroatoms. The minimum atomic E-state index is -0.0356. The van der Waals surface area contributed by atoms with Gasteiger partial charge in [0.05, 0.1) is 6.04 Å². The summed E-state index contributed by atoms with van der Waals surface area (Å²) in [5.74, 6) is 1.43. The van der Waals surface area contributed by atoms with Crippen molar-refractivity contribution in [2.45, 2.75) is 32.2 Å². The van der Waals surface area contributed by atoms with Gasteiger partial charge in [-0.2, -0.15) is 0 Å². The zero-order valence-electron chi connectivity index (χ0n) is 13.9. The maximum absolute atomic E-state index is 12.9. The zero-order valence-corrected chi connectivity index (χ0v) is 14.8. The molecule has 24 heavy (non-hydrogen) atoms. The van der Waals surface area contributed by atoms with Gasteiger partial charge in [0.25, 0.3) is 0 Å². The number of fused-ring (bicyclic) bond motifs is 2. The highest BCUT2D eigenvalue weighted by Crippen LogP contribution is 2.43. The minimum absolute atomic E-state index is 0.0356. The van der Waals surface area contributed by atoms with E-state index in [1.165, 1.54) is 16.0 Å². The molecule has 0 aliphatic heterocycles. The molecule has 124 valence electrons. The number of hydrogen-bond acceptors (Lipinski definition) is 2. The molecule has 1 N–H and O–H groups in total. The topological polar surface area (TPSA) is 29.1 Å². The molecule has 4 rings (SSSR count). The van der Waals surface area contributed by atoms with Crippen LogP contribution in [-0.4, -0.2) is 5.91 Å². The van der Waals surface area contributed by atoms with E-state index in [-0.39, 0.29) is 17.9 Å². The van der Waals surface area contributed by atoms with Gasteiger partial charge in [-0.25, -0.2) is 0 Å². The summed E-state index contributed by atoms with van der Waals surface area (Å²) in [6.07, 6.45) is 7.74. The third-order valence-corrected chi connectivity index (χ3v) is 6.39. The van der Waals surface area contributed by atoms with E-state index in [1.807, 2.05) is 0 Å². The van der Waals surface area contributed by atoms with E-state index in [4.69, 9.17) is 0 Å². The molecule has 4 unspecified atom stereocenters. The van der Waals surface area contributed by atoms with Crippen molar-refractivity contribution in [1.82, 2.24) is 5.32 Å². The first kappa shape index (κ1) is 15.6. The predicted octanol–water partition coefficient (Wildman–Crippen LogP) is 4.73. The fraction of sp³-hybridized carbons (Fsp3) is 0.381. The van der Waals surface area contributed by atoms with Crippen LogP contribution in [0.2, 0.25) is 0 Å². The Bertz CT molecular complexity index is 732. The second kappa shape index (κ2) is 6.56. The van der Waals surface area contributed by atoms with Crippen LogP contribution in [0.15, 0.2) is 53.9 Å². The number of rotatable bonds is 5. The first-order valence-corrected chi connectivity index (χ1v) is 9.73. The largest absolute Gasteiger partial charge is 0.344 e. The molecule has 1 aromatic heterocycles. The van der Waals surface area contributed by atoms with Crippen LogP contribution in [0.1, 0.15) is 41.8 Å². The predicted molar refractivity (Wildman–Crippen MR) is 99.0 cm³/mol. The molecule has 1 fully saturated rings. The summed E-state index contributed by atoms with van der Waals surface area (Å²) < 4.78 is 0. The molecule has 2 aliphatic rings. The number of hydrogen-bond donors (Lipinski definition) is 1. The van der Waals surface area contributed by atoms with Gasteiger partial charge in [-0.05, 0) is 53.7 Å². The van der Waals surface area contributed by atoms with Crippen molar-refractivity contribution >= 4 is 17.2 Å². The van der Waals surface area contributed by atoms with Crippen LogP contribution in [0.4, 0.5) is 0 Å². The van der Waals surface area contributed by atoms with Crippen LogP contribution in [0.3, 0.4) is 0 Å². The average molecular weight is 337 g/mol. The quantitative estimate of drug-likeness (QED) is 0.785. The third-order valence-electron chi connectivity index (χ3n) is 5.45. The zero-order chi connectivity index (χ0) is 16.5. The van der Waals surface area contributed by atoms with E-state index in [1.54, 1.807) is 11.3 Å². The summed E-state index contributed by atoms with van der Waals surface area (Å²) in [6, 6.07) is 12.8. The maximum Gasteiger partial charge on any atom is 0.224 e. The average Bonchev–Trinajstić information content (AvgIpc) is 3.37. The fourth-order valence-electron chi connectivity index (χ4n) is 4.05. The maximum atomic E-state index is 12.9. The Labute approximate surface area is 147 Å². The van der Waals surface area contributed by atoms with Crippen molar-refractivity contribution in [2.24, 2.45) is 17.8 Å². The van der Waals surface area contributed by atoms with Crippen molar-refractivity contribution in [2.75, 3.05) is 0 Å². The number of amides is 1. The highest BCUT2D eigenvalue weighted by Gasteiger charge is 2.40. The lowest BCUT2D eigenvalue weighted by molar-refractivity contribution is -0.126. The molecule has 0 spiro atoms. The highest BCUT2D eigenvalue weighted by molar-refractivity contribution is 7.10. The number of allylic oxidation sites excluding steroid dienone is 2. The number of nitrogens with one attached hydrogen (secondary N) is 1. The summed E-state index contributed by atoms with van der Waals surface area (Å²) in [5, 5.41) is 5.42. The number of thiophene rings is 1. The third kappa shape index (κ3) is 2.93. The van der Waals surface area contributed by atoms with Gasteiger partial charge in [0.15, 0.2) is 0 Å². The van der Waals surface area contributed by atoms with Crippen LogP contribution >= 0.6 is 11.3 Å². The van der Waals surface area contributed by atoms with Crippen molar-refractivity contribution in [3.05, 3.63) is 69.9 Å². The Balaban J connectivity index is 1.56. The number of carbonyl (C=O) groups is 1. The smallest absolute Gasteiger partial charge is 0.224 e. The van der Waals surface area contributed by atoms with Gasteiger partial charge in [0, 0.05) is 10.8 Å². The summed E-state index contributed by atoms with van der Waals surface area (Å²) in [4.78, 5) is 14.1. The highest BCUT2D eigenvalue weighted by atomic mass is 32.1. The monoisotopic (exact) mass is 337 g/mol. The molecular weight excluding hydrogens is 314 g/mol. The molecule has 4 atom stereocenters. The summed E-state index contributed by atoms with van der Waals surface area (Å²) in [6.45, 7) is 2.16. The minimum Gasteiger partial charge on any atom is -0.344 e. The van der Waals surface area contributed by atoms with Gasteiger partial charge in [0.2, 0.25) is 5.91 Å². The molecule has 0 saturated heterocycles. The molecular formula is C21H23NOS. The van der Waals surface area contributed by atoms with Crippen LogP contribution in [0, 0.1) is 17.8 Å². The van der Waals surface area contributed by atoms with Gasteiger partial charge >= 0.3 is 0 Å². The van der Waals surface area contributed by atoms with Gasteiger partial charge in [-0.15, -0.1) is 11.3 Å². The van der Waals surface area contributed by atoms with Gasteiger partial charge in [-0.1, -0.05) is 49.4 Å². The molecule has 1 aromatic carbocycles. The number of aryl methyl sites for hydroxylation is 1. The lowest BCUT2D eigenvalue weighted by Crippen LogP contribution is -2.35. The van der Waals surface area contributed by atoms with Crippen molar-refractivity contribution in [1.29, 1.82) is 0 Å². The Hall–Kier alpha value is -1.87. The van der Waals surface area contributed by atoms with Crippen LogP contribution < -0.4 is 5.32 Å². The standard InChI is InChI=1S/C21H23NOS/c1-2-14-5-8-16(9-6-14)20(19-4-3-11-24-19)22-21(23)18-13-15-7-10-17(18)12-15/h3-11,15,17-18,20H,2,12-13H2,1H3,(H,22,23). The molecule has 2 bridgehead atoms. The van der Waals surface area contributed by atoms with Crippen LogP contribution in [0.25, 0.3) is 0 Å². The Morgan fingerprint density at radius 2 is 2.04 bits per heavy atom. The number of carbonyl (C=O) groups excluding carboxylic acids is 1. The van der Waals surface area contributed by atoms with E-state index in [0.717, 1.165) is 19.3 Å². The van der Waals surface area contributed by atoms with Crippen molar-refractivity contribution in [3.8, 4) is 0 Å². The summed E-state index contributed by atoms with van der Waals surface area (Å²) in [7, 11) is 0. The second-order valence-electron chi connectivity index (χ2n) is 6.94. The molecule has 2 nitrogen and oxygen atoms in total. The lowest BCUT2D eigenvalue weighted by Gasteiger charge is -2.23. The molecule has 2 aromatic rings. The van der Waals surface area contributed by atoms with Gasteiger partial charge in [-0.3, -0.25) is 4.79 Å². The van der Waals surface area contributed by atoms with Crippen LogP contribution in [0.5, 0.6) is 0 Å². The first-order valence-electron chi connectivity index (χ1n) is 8.85. The fourth-order valence-corrected chi connectivity index (χ4v) is 4.85. The van der Waals surface area contributed by atoms with Crippen LogP contribution in [-0.2, 0) is 11.2 Å². The van der Waals surface area contributed by atoms with Gasteiger partial charge < -0.3 is 5.32 Å². The van der Waals surface area contributed by atoms with Crippen molar-refractivity contribution in [3.63, 3.8) is 0 Å². The molecule has 1 heterocycles. The second-order valence-corrected chi connectivity index (χ2v) is 7.92. The summed E-state index contributed by atoms with van der Waals surface area (Å²) in [5.41, 5.74) is 2.50. The van der Waals surface area contributed by atoms with E-state index in [0.29, 0.717) is 11.8 Å². The van der Waals surface area contributed by atoms with Crippen molar-refractivity contribution < 1.29 is 4.79 Å². The first-order chi connectivity index (χ1) is 11.7. The van der Waals surface area contributed by atoms with E-state index < -0.39 is 0 Å². The lowest BCUT2D eigenvalue weighted by atomic mass is 9.92. The van der Waals surface area contributed by atoms with E-state index in [9.17, 15) is 4.79 Å². The Kier molecular flexibility index (Phi) is 4.28. The molecule has 0 radical (unpaired) electrons. The van der Waals surface area contributed by atoms with E-state index in [2.05, 4.69) is 66.2 Å². The summed E-state index contributed by atoms with van der Waals surface area (Å²) >= 11 is 1.71. The molecule has 1 amide bonds. The molecule has 1 saturated carbocycles. The van der Waals surface area contributed by atoms with Gasteiger partial charge in [0.1, 0.15) is 0 Å². The normalized spacial score (nSPS) is 25.8. The molecule has 2 aliphatic carbocycles. The Morgan fingerprint density at radius 3 is 2.62 bits per heavy atom. The number of benzene rings is 1.